The number of hydrogen-bond donors (Lipinski definition) is 1. The zero-order valence-electron chi connectivity index (χ0n) is 11.8. The molecule has 6 heteroatoms. The molecule has 110 valence electrons. The summed E-state index contributed by atoms with van der Waals surface area (Å²) in [4.78, 5) is 12.7. The van der Waals surface area contributed by atoms with E-state index in [2.05, 4.69) is 24.2 Å². The molecule has 0 spiro atoms. The van der Waals surface area contributed by atoms with Crippen molar-refractivity contribution in [3.8, 4) is 0 Å². The third-order valence-electron chi connectivity index (χ3n) is 3.81. The highest BCUT2D eigenvalue weighted by molar-refractivity contribution is 5.40. The van der Waals surface area contributed by atoms with Crippen molar-refractivity contribution < 1.29 is 9.31 Å². The molecule has 1 aromatic rings. The predicted octanol–water partition coefficient (Wildman–Crippen LogP) is 2.31. The smallest absolute Gasteiger partial charge is 0.274 e. The molecular formula is C14H20FN3O2. The van der Waals surface area contributed by atoms with Gasteiger partial charge in [0.2, 0.25) is 0 Å². The van der Waals surface area contributed by atoms with E-state index >= 15 is 0 Å². The summed E-state index contributed by atoms with van der Waals surface area (Å²) in [5.74, 6) is -0.449. The summed E-state index contributed by atoms with van der Waals surface area (Å²) >= 11 is 0. The SMILES string of the molecule is CC(CNCc1cc(F)ccc1[N+](=O)[O-])N(C)C1CC1. The Morgan fingerprint density at radius 2 is 2.25 bits per heavy atom. The van der Waals surface area contributed by atoms with Crippen molar-refractivity contribution in [1.29, 1.82) is 0 Å². The van der Waals surface area contributed by atoms with E-state index in [1.165, 1.54) is 25.0 Å². The first-order chi connectivity index (χ1) is 9.49. The maximum Gasteiger partial charge on any atom is 0.274 e. The summed E-state index contributed by atoms with van der Waals surface area (Å²) in [6.07, 6.45) is 2.49. The molecule has 0 aliphatic heterocycles. The zero-order chi connectivity index (χ0) is 14.7. The van der Waals surface area contributed by atoms with E-state index in [-0.39, 0.29) is 5.69 Å². The van der Waals surface area contributed by atoms with Gasteiger partial charge in [0.15, 0.2) is 0 Å². The van der Waals surface area contributed by atoms with Gasteiger partial charge in [-0.1, -0.05) is 0 Å². The Balaban J connectivity index is 1.89. The van der Waals surface area contributed by atoms with Gasteiger partial charge in [0.1, 0.15) is 5.82 Å². The molecule has 1 aromatic carbocycles. The first kappa shape index (κ1) is 14.9. The summed E-state index contributed by atoms with van der Waals surface area (Å²) in [6, 6.07) is 4.59. The van der Waals surface area contributed by atoms with Crippen molar-refractivity contribution in [3.05, 3.63) is 39.7 Å². The molecule has 5 nitrogen and oxygen atoms in total. The second kappa shape index (κ2) is 6.28. The van der Waals surface area contributed by atoms with Gasteiger partial charge in [-0.15, -0.1) is 0 Å². The van der Waals surface area contributed by atoms with Crippen molar-refractivity contribution in [1.82, 2.24) is 10.2 Å². The number of nitrogens with zero attached hydrogens (tertiary/aromatic N) is 2. The molecule has 0 heterocycles. The van der Waals surface area contributed by atoms with Gasteiger partial charge in [-0.25, -0.2) is 4.39 Å². The van der Waals surface area contributed by atoms with Gasteiger partial charge in [0.25, 0.3) is 5.69 Å². The molecule has 0 radical (unpaired) electrons. The van der Waals surface area contributed by atoms with Gasteiger partial charge in [0.05, 0.1) is 4.92 Å². The van der Waals surface area contributed by atoms with Gasteiger partial charge in [-0.05, 0) is 38.9 Å². The standard InChI is InChI=1S/C14H20FN3O2/c1-10(17(2)13-4-5-13)8-16-9-11-7-12(15)3-6-14(11)18(19)20/h3,6-7,10,13,16H,4-5,8-9H2,1-2H3. The van der Waals surface area contributed by atoms with Crippen molar-refractivity contribution in [2.75, 3.05) is 13.6 Å². The van der Waals surface area contributed by atoms with E-state index in [0.29, 0.717) is 24.2 Å². The Hall–Kier alpha value is -1.53. The largest absolute Gasteiger partial charge is 0.311 e. The summed E-state index contributed by atoms with van der Waals surface area (Å²) in [6.45, 7) is 3.14. The minimum absolute atomic E-state index is 0.0397. The van der Waals surface area contributed by atoms with Crippen LogP contribution in [-0.4, -0.2) is 35.5 Å². The lowest BCUT2D eigenvalue weighted by molar-refractivity contribution is -0.385. The number of benzene rings is 1. The van der Waals surface area contributed by atoms with Gasteiger partial charge in [0, 0.05) is 36.8 Å². The van der Waals surface area contributed by atoms with Crippen LogP contribution in [0.1, 0.15) is 25.3 Å². The molecule has 1 atom stereocenters. The highest BCUT2D eigenvalue weighted by Crippen LogP contribution is 2.26. The lowest BCUT2D eigenvalue weighted by Gasteiger charge is -2.24. The molecule has 0 amide bonds. The van der Waals surface area contributed by atoms with Gasteiger partial charge in [-0.3, -0.25) is 15.0 Å². The Bertz CT molecular complexity index is 491. The number of hydrogen-bond acceptors (Lipinski definition) is 4. The van der Waals surface area contributed by atoms with Gasteiger partial charge < -0.3 is 5.32 Å². The van der Waals surface area contributed by atoms with Crippen LogP contribution in [0.3, 0.4) is 0 Å². The third-order valence-corrected chi connectivity index (χ3v) is 3.81. The Kier molecular flexibility index (Phi) is 4.67. The summed E-state index contributed by atoms with van der Waals surface area (Å²) in [5.41, 5.74) is 0.346. The monoisotopic (exact) mass is 281 g/mol. The topological polar surface area (TPSA) is 58.4 Å². The molecule has 0 saturated heterocycles. The van der Waals surface area contributed by atoms with Crippen LogP contribution < -0.4 is 5.32 Å². The Morgan fingerprint density at radius 3 is 2.85 bits per heavy atom. The predicted molar refractivity (Wildman–Crippen MR) is 75.0 cm³/mol. The van der Waals surface area contributed by atoms with Crippen LogP contribution in [0.2, 0.25) is 0 Å². The van der Waals surface area contributed by atoms with Crippen molar-refractivity contribution >= 4 is 5.69 Å². The lowest BCUT2D eigenvalue weighted by Crippen LogP contribution is -2.39. The lowest BCUT2D eigenvalue weighted by atomic mass is 10.1. The second-order valence-electron chi connectivity index (χ2n) is 5.41. The molecule has 1 N–H and O–H groups in total. The minimum atomic E-state index is -0.476. The molecule has 1 saturated carbocycles. The van der Waals surface area contributed by atoms with E-state index in [0.717, 1.165) is 12.6 Å². The van der Waals surface area contributed by atoms with Crippen LogP contribution in [0.25, 0.3) is 0 Å². The van der Waals surface area contributed by atoms with E-state index in [1.807, 2.05) is 0 Å². The first-order valence-corrected chi connectivity index (χ1v) is 6.84. The normalized spacial score (nSPS) is 16.4. The molecule has 1 unspecified atom stereocenters. The fourth-order valence-corrected chi connectivity index (χ4v) is 2.28. The zero-order valence-corrected chi connectivity index (χ0v) is 11.8. The van der Waals surface area contributed by atoms with Crippen molar-refractivity contribution in [3.63, 3.8) is 0 Å². The summed E-state index contributed by atoms with van der Waals surface area (Å²) in [7, 11) is 2.09. The molecular weight excluding hydrogens is 261 g/mol. The molecule has 1 fully saturated rings. The molecule has 2 rings (SSSR count). The molecule has 1 aliphatic carbocycles. The molecule has 1 aliphatic rings. The van der Waals surface area contributed by atoms with Crippen LogP contribution in [0, 0.1) is 15.9 Å². The van der Waals surface area contributed by atoms with Crippen molar-refractivity contribution in [2.45, 2.75) is 38.4 Å². The number of nitrogens with one attached hydrogen (secondary N) is 1. The summed E-state index contributed by atoms with van der Waals surface area (Å²) in [5, 5.41) is 14.1. The number of nitro benzene ring substituents is 1. The summed E-state index contributed by atoms with van der Waals surface area (Å²) < 4.78 is 13.2. The maximum atomic E-state index is 13.2. The van der Waals surface area contributed by atoms with Gasteiger partial charge in [-0.2, -0.15) is 0 Å². The fourth-order valence-electron chi connectivity index (χ4n) is 2.28. The molecule has 0 aromatic heterocycles. The minimum Gasteiger partial charge on any atom is -0.311 e. The number of halogens is 1. The Labute approximate surface area is 117 Å². The average Bonchev–Trinajstić information content (AvgIpc) is 3.21. The highest BCUT2D eigenvalue weighted by Gasteiger charge is 2.28. The van der Waals surface area contributed by atoms with E-state index < -0.39 is 10.7 Å². The molecule has 20 heavy (non-hydrogen) atoms. The van der Waals surface area contributed by atoms with E-state index in [4.69, 9.17) is 0 Å². The third kappa shape index (κ3) is 3.74. The Morgan fingerprint density at radius 1 is 1.55 bits per heavy atom. The fraction of sp³-hybridized carbons (Fsp3) is 0.571. The van der Waals surface area contributed by atoms with Crippen LogP contribution in [0.15, 0.2) is 18.2 Å². The van der Waals surface area contributed by atoms with E-state index in [1.54, 1.807) is 0 Å². The van der Waals surface area contributed by atoms with E-state index in [9.17, 15) is 14.5 Å². The molecule has 0 bridgehead atoms. The number of nitro groups is 1. The first-order valence-electron chi connectivity index (χ1n) is 6.84. The van der Waals surface area contributed by atoms with Crippen molar-refractivity contribution in [2.24, 2.45) is 0 Å². The number of rotatable bonds is 7. The van der Waals surface area contributed by atoms with Crippen LogP contribution >= 0.6 is 0 Å². The van der Waals surface area contributed by atoms with Crippen LogP contribution in [0.4, 0.5) is 10.1 Å². The highest BCUT2D eigenvalue weighted by atomic mass is 19.1. The van der Waals surface area contributed by atoms with Crippen LogP contribution in [-0.2, 0) is 6.54 Å². The second-order valence-corrected chi connectivity index (χ2v) is 5.41. The van der Waals surface area contributed by atoms with Gasteiger partial charge >= 0.3 is 0 Å². The van der Waals surface area contributed by atoms with Crippen LogP contribution in [0.5, 0.6) is 0 Å². The maximum absolute atomic E-state index is 13.2. The number of likely N-dealkylation sites (N-methyl/N-ethyl adjacent to an activating group) is 1. The quantitative estimate of drug-likeness (QED) is 0.615. The average molecular weight is 281 g/mol.